The van der Waals surface area contributed by atoms with E-state index in [1.54, 1.807) is 32.9 Å². The van der Waals surface area contributed by atoms with Crippen LogP contribution in [0.15, 0.2) is 45.9 Å². The maximum Gasteiger partial charge on any atom is 0.251 e. The van der Waals surface area contributed by atoms with Gasteiger partial charge in [-0.3, -0.25) is 4.79 Å². The van der Waals surface area contributed by atoms with Crippen molar-refractivity contribution in [2.75, 3.05) is 7.11 Å². The standard InChI is InChI=1S/C17H22N2O5S/c1-17(2,3)19-25(21,22)15-10-12(7-8-14(15)23-4)16(20)18-11-13-6-5-9-24-13/h5-10,19H,11H2,1-4H3,(H,18,20). The first-order valence-electron chi connectivity index (χ1n) is 7.65. The molecule has 1 amide bonds. The number of amides is 1. The molecule has 0 unspecified atom stereocenters. The van der Waals surface area contributed by atoms with Crippen LogP contribution in [0.1, 0.15) is 36.9 Å². The van der Waals surface area contributed by atoms with Crippen molar-refractivity contribution in [2.24, 2.45) is 0 Å². The summed E-state index contributed by atoms with van der Waals surface area (Å²) >= 11 is 0. The topological polar surface area (TPSA) is 97.6 Å². The van der Waals surface area contributed by atoms with E-state index in [1.165, 1.54) is 31.6 Å². The number of furan rings is 1. The van der Waals surface area contributed by atoms with Crippen LogP contribution in [-0.2, 0) is 16.6 Å². The second-order valence-electron chi connectivity index (χ2n) is 6.48. The normalized spacial score (nSPS) is 12.0. The lowest BCUT2D eigenvalue weighted by atomic mass is 10.1. The number of rotatable bonds is 6. The van der Waals surface area contributed by atoms with Gasteiger partial charge in [0.25, 0.3) is 5.91 Å². The molecular formula is C17H22N2O5S. The summed E-state index contributed by atoms with van der Waals surface area (Å²) < 4.78 is 38.1. The molecule has 0 spiro atoms. The maximum absolute atomic E-state index is 12.6. The van der Waals surface area contributed by atoms with Gasteiger partial charge in [-0.2, -0.15) is 0 Å². The van der Waals surface area contributed by atoms with Crippen molar-refractivity contribution in [3.05, 3.63) is 47.9 Å². The highest BCUT2D eigenvalue weighted by molar-refractivity contribution is 7.89. The molecule has 0 aliphatic heterocycles. The molecule has 2 N–H and O–H groups in total. The van der Waals surface area contributed by atoms with Gasteiger partial charge in [-0.05, 0) is 51.1 Å². The molecule has 1 aromatic heterocycles. The Kier molecular flexibility index (Phi) is 5.54. The Morgan fingerprint density at radius 2 is 1.96 bits per heavy atom. The predicted molar refractivity (Wildman–Crippen MR) is 92.9 cm³/mol. The highest BCUT2D eigenvalue weighted by Crippen LogP contribution is 2.26. The molecule has 0 radical (unpaired) electrons. The molecular weight excluding hydrogens is 344 g/mol. The van der Waals surface area contributed by atoms with E-state index in [2.05, 4.69) is 10.0 Å². The van der Waals surface area contributed by atoms with Gasteiger partial charge in [-0.25, -0.2) is 13.1 Å². The fourth-order valence-corrected chi connectivity index (χ4v) is 3.78. The highest BCUT2D eigenvalue weighted by Gasteiger charge is 2.26. The molecule has 1 aromatic carbocycles. The average Bonchev–Trinajstić information content (AvgIpc) is 3.03. The summed E-state index contributed by atoms with van der Waals surface area (Å²) in [6.07, 6.45) is 1.51. The summed E-state index contributed by atoms with van der Waals surface area (Å²) in [5.41, 5.74) is -0.455. The van der Waals surface area contributed by atoms with Gasteiger partial charge in [-0.1, -0.05) is 0 Å². The van der Waals surface area contributed by atoms with E-state index in [0.717, 1.165) is 0 Å². The lowest BCUT2D eigenvalue weighted by Gasteiger charge is -2.21. The van der Waals surface area contributed by atoms with Gasteiger partial charge < -0.3 is 14.5 Å². The molecule has 25 heavy (non-hydrogen) atoms. The molecule has 8 heteroatoms. The zero-order valence-corrected chi connectivity index (χ0v) is 15.4. The van der Waals surface area contributed by atoms with Crippen LogP contribution in [0.2, 0.25) is 0 Å². The molecule has 0 aliphatic carbocycles. The molecule has 2 aromatic rings. The number of carbonyl (C=O) groups excluding carboxylic acids is 1. The Labute approximate surface area is 147 Å². The van der Waals surface area contributed by atoms with Crippen LogP contribution in [0.4, 0.5) is 0 Å². The smallest absolute Gasteiger partial charge is 0.251 e. The largest absolute Gasteiger partial charge is 0.495 e. The minimum atomic E-state index is -3.85. The van der Waals surface area contributed by atoms with E-state index in [0.29, 0.717) is 5.76 Å². The summed E-state index contributed by atoms with van der Waals surface area (Å²) in [5.74, 6) is 0.356. The molecule has 0 bridgehead atoms. The first-order chi connectivity index (χ1) is 11.6. The third-order valence-corrected chi connectivity index (χ3v) is 4.94. The summed E-state index contributed by atoms with van der Waals surface area (Å²) in [7, 11) is -2.47. The van der Waals surface area contributed by atoms with E-state index in [-0.39, 0.29) is 22.8 Å². The van der Waals surface area contributed by atoms with Crippen LogP contribution >= 0.6 is 0 Å². The minimum Gasteiger partial charge on any atom is -0.495 e. The van der Waals surface area contributed by atoms with E-state index >= 15 is 0 Å². The summed E-state index contributed by atoms with van der Waals surface area (Å²) in [6, 6.07) is 7.71. The summed E-state index contributed by atoms with van der Waals surface area (Å²) in [5, 5.41) is 2.68. The number of benzene rings is 1. The molecule has 7 nitrogen and oxygen atoms in total. The van der Waals surface area contributed by atoms with Gasteiger partial charge in [0.15, 0.2) is 0 Å². The zero-order chi connectivity index (χ0) is 18.7. The summed E-state index contributed by atoms with van der Waals surface area (Å²) in [6.45, 7) is 5.41. The zero-order valence-electron chi connectivity index (χ0n) is 14.6. The Balaban J connectivity index is 2.28. The van der Waals surface area contributed by atoms with Gasteiger partial charge >= 0.3 is 0 Å². The maximum atomic E-state index is 12.6. The van der Waals surface area contributed by atoms with Crippen LogP contribution in [0.25, 0.3) is 0 Å². The van der Waals surface area contributed by atoms with E-state index < -0.39 is 21.5 Å². The number of nitrogens with one attached hydrogen (secondary N) is 2. The SMILES string of the molecule is COc1ccc(C(=O)NCc2ccco2)cc1S(=O)(=O)NC(C)(C)C. The van der Waals surface area contributed by atoms with E-state index in [1.807, 2.05) is 0 Å². The van der Waals surface area contributed by atoms with Crippen molar-refractivity contribution < 1.29 is 22.4 Å². The van der Waals surface area contributed by atoms with Gasteiger partial charge in [0, 0.05) is 11.1 Å². The second kappa shape index (κ2) is 7.28. The first kappa shape index (κ1) is 19.0. The molecule has 0 aliphatic rings. The lowest BCUT2D eigenvalue weighted by Crippen LogP contribution is -2.40. The third-order valence-electron chi connectivity index (χ3n) is 3.16. The van der Waals surface area contributed by atoms with Crippen molar-refractivity contribution in [1.82, 2.24) is 10.0 Å². The molecule has 136 valence electrons. The third kappa shape index (κ3) is 5.07. The monoisotopic (exact) mass is 366 g/mol. The number of sulfonamides is 1. The van der Waals surface area contributed by atoms with Crippen LogP contribution in [0.5, 0.6) is 5.75 Å². The van der Waals surface area contributed by atoms with Gasteiger partial charge in [0.05, 0.1) is 19.9 Å². The van der Waals surface area contributed by atoms with Crippen molar-refractivity contribution in [3.63, 3.8) is 0 Å². The van der Waals surface area contributed by atoms with Gasteiger partial charge in [0.2, 0.25) is 10.0 Å². The Hall–Kier alpha value is -2.32. The van der Waals surface area contributed by atoms with E-state index in [4.69, 9.17) is 9.15 Å². The minimum absolute atomic E-state index is 0.0874. The van der Waals surface area contributed by atoms with Crippen LogP contribution in [-0.4, -0.2) is 27.0 Å². The molecule has 2 rings (SSSR count). The number of carbonyl (C=O) groups is 1. The number of ether oxygens (including phenoxy) is 1. The Bertz CT molecular complexity index is 836. The van der Waals surface area contributed by atoms with Gasteiger partial charge in [0.1, 0.15) is 16.4 Å². The Morgan fingerprint density at radius 1 is 1.24 bits per heavy atom. The van der Waals surface area contributed by atoms with Crippen LogP contribution in [0, 0.1) is 0 Å². The van der Waals surface area contributed by atoms with Gasteiger partial charge in [-0.15, -0.1) is 0 Å². The van der Waals surface area contributed by atoms with Crippen LogP contribution < -0.4 is 14.8 Å². The highest BCUT2D eigenvalue weighted by atomic mass is 32.2. The quantitative estimate of drug-likeness (QED) is 0.817. The van der Waals surface area contributed by atoms with Crippen molar-refractivity contribution in [1.29, 1.82) is 0 Å². The van der Waals surface area contributed by atoms with Crippen LogP contribution in [0.3, 0.4) is 0 Å². The lowest BCUT2D eigenvalue weighted by molar-refractivity contribution is 0.0947. The van der Waals surface area contributed by atoms with Crippen molar-refractivity contribution in [3.8, 4) is 5.75 Å². The summed E-state index contributed by atoms with van der Waals surface area (Å²) in [4.78, 5) is 12.2. The first-order valence-corrected chi connectivity index (χ1v) is 9.13. The Morgan fingerprint density at radius 3 is 2.52 bits per heavy atom. The molecule has 0 saturated heterocycles. The van der Waals surface area contributed by atoms with E-state index in [9.17, 15) is 13.2 Å². The number of hydrogen-bond acceptors (Lipinski definition) is 5. The predicted octanol–water partition coefficient (Wildman–Crippen LogP) is 2.30. The van der Waals surface area contributed by atoms with Crippen molar-refractivity contribution >= 4 is 15.9 Å². The number of methoxy groups -OCH3 is 1. The second-order valence-corrected chi connectivity index (χ2v) is 8.13. The molecule has 0 fully saturated rings. The fraction of sp³-hybridized carbons (Fsp3) is 0.353. The molecule has 0 saturated carbocycles. The number of hydrogen-bond donors (Lipinski definition) is 2. The van der Waals surface area contributed by atoms with Crippen molar-refractivity contribution in [2.45, 2.75) is 37.8 Å². The average molecular weight is 366 g/mol. The molecule has 0 atom stereocenters. The fourth-order valence-electron chi connectivity index (χ4n) is 2.17. The molecule has 1 heterocycles.